The van der Waals surface area contributed by atoms with E-state index in [1.54, 1.807) is 7.11 Å². The number of nitrogens with zero attached hydrogens (tertiary/aromatic N) is 3. The van der Waals surface area contributed by atoms with Crippen molar-refractivity contribution in [3.63, 3.8) is 0 Å². The number of benzene rings is 2. The number of nitrogens with two attached hydrogens (primary N) is 1. The van der Waals surface area contributed by atoms with Crippen molar-refractivity contribution in [3.8, 4) is 5.75 Å². The first kappa shape index (κ1) is 19.3. The van der Waals surface area contributed by atoms with Gasteiger partial charge in [0.15, 0.2) is 0 Å². The summed E-state index contributed by atoms with van der Waals surface area (Å²) in [6.07, 6.45) is 3.52. The Bertz CT molecular complexity index is 1210. The summed E-state index contributed by atoms with van der Waals surface area (Å²) in [5.41, 5.74) is 9.55. The van der Waals surface area contributed by atoms with Crippen LogP contribution in [0.5, 0.6) is 5.75 Å². The van der Waals surface area contributed by atoms with Crippen molar-refractivity contribution in [1.29, 1.82) is 0 Å². The smallest absolute Gasteiger partial charge is 0.252 e. The van der Waals surface area contributed by atoms with Gasteiger partial charge in [0.05, 0.1) is 29.6 Å². The van der Waals surface area contributed by atoms with Crippen LogP contribution in [0, 0.1) is 0 Å². The number of carbonyl (C=O) groups is 1. The molecule has 0 atom stereocenters. The molecular formula is C23H23N5O2. The molecule has 0 aliphatic carbocycles. The van der Waals surface area contributed by atoms with Crippen molar-refractivity contribution in [2.24, 2.45) is 12.8 Å². The Labute approximate surface area is 174 Å². The Morgan fingerprint density at radius 2 is 1.90 bits per heavy atom. The lowest BCUT2D eigenvalue weighted by Crippen LogP contribution is -2.19. The predicted octanol–water partition coefficient (Wildman–Crippen LogP) is 4.19. The van der Waals surface area contributed by atoms with Crippen LogP contribution in [0.4, 0.5) is 22.9 Å². The average molecular weight is 401 g/mol. The highest BCUT2D eigenvalue weighted by Crippen LogP contribution is 2.34. The quantitative estimate of drug-likeness (QED) is 0.506. The zero-order chi connectivity index (χ0) is 21.3. The third kappa shape index (κ3) is 3.53. The number of para-hydroxylation sites is 1. The van der Waals surface area contributed by atoms with E-state index in [0.717, 1.165) is 28.0 Å². The summed E-state index contributed by atoms with van der Waals surface area (Å²) in [7, 11) is 5.54. The number of pyridine rings is 1. The van der Waals surface area contributed by atoms with Crippen LogP contribution in [-0.2, 0) is 7.05 Å². The van der Waals surface area contributed by atoms with Crippen molar-refractivity contribution in [2.45, 2.75) is 0 Å². The minimum Gasteiger partial charge on any atom is -0.497 e. The Kier molecular flexibility index (Phi) is 5.02. The number of anilines is 4. The molecule has 0 radical (unpaired) electrons. The van der Waals surface area contributed by atoms with E-state index in [1.807, 2.05) is 67.7 Å². The highest BCUT2D eigenvalue weighted by molar-refractivity contribution is 6.02. The van der Waals surface area contributed by atoms with Crippen LogP contribution in [0.1, 0.15) is 10.4 Å². The molecule has 2 aromatic heterocycles. The van der Waals surface area contributed by atoms with Crippen LogP contribution in [0.25, 0.3) is 10.9 Å². The zero-order valence-corrected chi connectivity index (χ0v) is 17.1. The van der Waals surface area contributed by atoms with Gasteiger partial charge in [0.1, 0.15) is 11.6 Å². The number of hydrogen-bond donors (Lipinski definition) is 2. The highest BCUT2D eigenvalue weighted by atomic mass is 16.5. The van der Waals surface area contributed by atoms with Gasteiger partial charge in [-0.1, -0.05) is 12.1 Å². The maximum atomic E-state index is 12.1. The molecule has 0 spiro atoms. The summed E-state index contributed by atoms with van der Waals surface area (Å²) < 4.78 is 7.25. The number of rotatable bonds is 6. The molecule has 0 fully saturated rings. The number of carbonyl (C=O) groups excluding carboxylic acids is 1. The van der Waals surface area contributed by atoms with Gasteiger partial charge in [-0.25, -0.2) is 4.98 Å². The fraction of sp³-hybridized carbons (Fsp3) is 0.130. The SMILES string of the molecule is COc1ccc(Nc2cc(N(C)c3cccc4ccn(C)c34)c(C(N)=O)cn2)cc1. The molecule has 4 aromatic rings. The van der Waals surface area contributed by atoms with Crippen molar-refractivity contribution >= 4 is 39.7 Å². The van der Waals surface area contributed by atoms with Gasteiger partial charge in [-0.3, -0.25) is 4.79 Å². The van der Waals surface area contributed by atoms with Gasteiger partial charge >= 0.3 is 0 Å². The second-order valence-corrected chi connectivity index (χ2v) is 7.01. The van der Waals surface area contributed by atoms with E-state index in [-0.39, 0.29) is 0 Å². The molecule has 152 valence electrons. The molecule has 3 N–H and O–H groups in total. The fourth-order valence-electron chi connectivity index (χ4n) is 3.54. The number of nitrogens with one attached hydrogen (secondary N) is 1. The zero-order valence-electron chi connectivity index (χ0n) is 17.1. The number of fused-ring (bicyclic) bond motifs is 1. The molecule has 0 aliphatic heterocycles. The number of primary amides is 1. The minimum absolute atomic E-state index is 0.351. The highest BCUT2D eigenvalue weighted by Gasteiger charge is 2.18. The van der Waals surface area contributed by atoms with E-state index in [9.17, 15) is 4.79 Å². The van der Waals surface area contributed by atoms with E-state index in [4.69, 9.17) is 10.5 Å². The lowest BCUT2D eigenvalue weighted by atomic mass is 10.1. The molecule has 4 rings (SSSR count). The maximum Gasteiger partial charge on any atom is 0.252 e. The summed E-state index contributed by atoms with van der Waals surface area (Å²) in [6, 6.07) is 17.5. The number of amides is 1. The third-order valence-corrected chi connectivity index (χ3v) is 5.11. The van der Waals surface area contributed by atoms with Gasteiger partial charge in [-0.05, 0) is 36.4 Å². The van der Waals surface area contributed by atoms with Crippen LogP contribution in [-0.4, -0.2) is 29.6 Å². The van der Waals surface area contributed by atoms with Crippen LogP contribution >= 0.6 is 0 Å². The molecule has 2 aromatic carbocycles. The van der Waals surface area contributed by atoms with E-state index in [2.05, 4.69) is 27.0 Å². The van der Waals surface area contributed by atoms with Gasteiger partial charge in [0.2, 0.25) is 0 Å². The van der Waals surface area contributed by atoms with E-state index < -0.39 is 5.91 Å². The molecule has 2 heterocycles. The Morgan fingerprint density at radius 1 is 1.13 bits per heavy atom. The number of methoxy groups -OCH3 is 1. The monoisotopic (exact) mass is 401 g/mol. The molecule has 1 amide bonds. The van der Waals surface area contributed by atoms with Crippen molar-refractivity contribution < 1.29 is 9.53 Å². The molecular weight excluding hydrogens is 378 g/mol. The lowest BCUT2D eigenvalue weighted by molar-refractivity contribution is 0.100. The standard InChI is InChI=1S/C23H23N5O2/c1-27-12-11-15-5-4-6-19(22(15)27)28(2)20-13-21(25-14-18(20)23(24)29)26-16-7-9-17(30-3)10-8-16/h4-14H,1-3H3,(H2,24,29)(H,25,26). The summed E-state index contributed by atoms with van der Waals surface area (Å²) in [5, 5.41) is 4.38. The fourth-order valence-corrected chi connectivity index (χ4v) is 3.54. The van der Waals surface area contributed by atoms with E-state index in [1.165, 1.54) is 6.20 Å². The van der Waals surface area contributed by atoms with Crippen LogP contribution in [0.15, 0.2) is 67.0 Å². The minimum atomic E-state index is -0.528. The molecule has 7 heteroatoms. The average Bonchev–Trinajstić information content (AvgIpc) is 3.14. The molecule has 0 saturated carbocycles. The number of aromatic nitrogens is 2. The Balaban J connectivity index is 1.75. The molecule has 7 nitrogen and oxygen atoms in total. The molecule has 0 aliphatic rings. The van der Waals surface area contributed by atoms with Crippen LogP contribution < -0.4 is 20.7 Å². The van der Waals surface area contributed by atoms with Gasteiger partial charge in [0, 0.05) is 43.6 Å². The summed E-state index contributed by atoms with van der Waals surface area (Å²) in [4.78, 5) is 18.4. The molecule has 0 unspecified atom stereocenters. The maximum absolute atomic E-state index is 12.1. The van der Waals surface area contributed by atoms with Crippen molar-refractivity contribution in [3.05, 3.63) is 72.6 Å². The van der Waals surface area contributed by atoms with E-state index >= 15 is 0 Å². The second-order valence-electron chi connectivity index (χ2n) is 7.01. The number of ether oxygens (including phenoxy) is 1. The predicted molar refractivity (Wildman–Crippen MR) is 120 cm³/mol. The molecule has 0 saturated heterocycles. The normalized spacial score (nSPS) is 10.8. The first-order valence-corrected chi connectivity index (χ1v) is 9.46. The van der Waals surface area contributed by atoms with E-state index in [0.29, 0.717) is 17.1 Å². The van der Waals surface area contributed by atoms with Crippen molar-refractivity contribution in [2.75, 3.05) is 24.4 Å². The van der Waals surface area contributed by atoms with Gasteiger partial charge in [-0.2, -0.15) is 0 Å². The molecule has 30 heavy (non-hydrogen) atoms. The summed E-state index contributed by atoms with van der Waals surface area (Å²) in [5.74, 6) is 0.846. The summed E-state index contributed by atoms with van der Waals surface area (Å²) in [6.45, 7) is 0. The number of hydrogen-bond acceptors (Lipinski definition) is 5. The Morgan fingerprint density at radius 3 is 2.60 bits per heavy atom. The third-order valence-electron chi connectivity index (χ3n) is 5.11. The van der Waals surface area contributed by atoms with Crippen LogP contribution in [0.3, 0.4) is 0 Å². The topological polar surface area (TPSA) is 85.4 Å². The largest absolute Gasteiger partial charge is 0.497 e. The van der Waals surface area contributed by atoms with Crippen LogP contribution in [0.2, 0.25) is 0 Å². The lowest BCUT2D eigenvalue weighted by Gasteiger charge is -2.24. The first-order chi connectivity index (χ1) is 14.5. The number of aryl methyl sites for hydroxylation is 1. The van der Waals surface area contributed by atoms with Gasteiger partial charge in [-0.15, -0.1) is 0 Å². The molecule has 0 bridgehead atoms. The Hall–Kier alpha value is -4.00. The second kappa shape index (κ2) is 7.79. The summed E-state index contributed by atoms with van der Waals surface area (Å²) >= 11 is 0. The van der Waals surface area contributed by atoms with Gasteiger partial charge in [0.25, 0.3) is 5.91 Å². The van der Waals surface area contributed by atoms with Crippen molar-refractivity contribution in [1.82, 2.24) is 9.55 Å². The first-order valence-electron chi connectivity index (χ1n) is 9.46. The van der Waals surface area contributed by atoms with Gasteiger partial charge < -0.3 is 25.3 Å².